The molecule has 2 aromatic carbocycles. The summed E-state index contributed by atoms with van der Waals surface area (Å²) in [6.45, 7) is 3.46. The van der Waals surface area contributed by atoms with E-state index in [2.05, 4.69) is 10.6 Å². The number of aliphatic hydroxyl groups is 1. The quantitative estimate of drug-likeness (QED) is 0.294. The Morgan fingerprint density at radius 3 is 2.42 bits per heavy atom. The molecule has 1 aliphatic carbocycles. The van der Waals surface area contributed by atoms with Gasteiger partial charge in [0.05, 0.1) is 5.69 Å². The smallest absolute Gasteiger partial charge is 0.490 e. The van der Waals surface area contributed by atoms with Crippen LogP contribution in [0.5, 0.6) is 17.2 Å². The summed E-state index contributed by atoms with van der Waals surface area (Å²) in [4.78, 5) is 20.3. The Bertz CT molecular complexity index is 1220. The number of phenolic OH excluding ortho intramolecular Hbond substituents is 1. The number of aromatic hydroxyl groups is 1. The highest BCUT2D eigenvalue weighted by molar-refractivity contribution is 6.30. The van der Waals surface area contributed by atoms with Gasteiger partial charge in [0.15, 0.2) is 0 Å². The third-order valence-electron chi connectivity index (χ3n) is 6.59. The number of ether oxygens (including phenoxy) is 2. The van der Waals surface area contributed by atoms with Crippen molar-refractivity contribution in [2.24, 2.45) is 0 Å². The van der Waals surface area contributed by atoms with Gasteiger partial charge in [-0.15, -0.1) is 0 Å². The van der Waals surface area contributed by atoms with E-state index in [0.29, 0.717) is 18.0 Å². The van der Waals surface area contributed by atoms with Crippen LogP contribution < -0.4 is 20.1 Å². The van der Waals surface area contributed by atoms with Gasteiger partial charge in [-0.05, 0) is 68.5 Å². The molecule has 1 saturated carbocycles. The van der Waals surface area contributed by atoms with E-state index in [1.165, 1.54) is 24.6 Å². The summed E-state index contributed by atoms with van der Waals surface area (Å²) in [5, 5.41) is 34.6. The Kier molecular flexibility index (Phi) is 9.81. The third kappa shape index (κ3) is 8.90. The number of anilines is 1. The minimum atomic E-state index is -5.08. The number of nitrogens with one attached hydrogen (secondary N) is 2. The van der Waals surface area contributed by atoms with Gasteiger partial charge in [0.25, 0.3) is 0 Å². The number of phenols is 1. The highest BCUT2D eigenvalue weighted by atomic mass is 35.5. The Hall–Kier alpha value is -3.22. The molecule has 0 radical (unpaired) electrons. The van der Waals surface area contributed by atoms with Crippen LogP contribution in [0.4, 0.5) is 18.9 Å². The van der Waals surface area contributed by atoms with Gasteiger partial charge in [0.1, 0.15) is 35.1 Å². The molecule has 40 heavy (non-hydrogen) atoms. The van der Waals surface area contributed by atoms with Gasteiger partial charge in [-0.1, -0.05) is 11.6 Å². The van der Waals surface area contributed by atoms with E-state index in [1.54, 1.807) is 13.0 Å². The third-order valence-corrected chi connectivity index (χ3v) is 6.82. The first-order chi connectivity index (χ1) is 18.6. The number of carboxylic acids is 1. The second-order valence-electron chi connectivity index (χ2n) is 10.3. The first kappa shape index (κ1) is 31.3. The van der Waals surface area contributed by atoms with Crippen LogP contribution in [0.3, 0.4) is 0 Å². The molecule has 1 spiro atoms. The van der Waals surface area contributed by atoms with Gasteiger partial charge in [0, 0.05) is 37.0 Å². The minimum absolute atomic E-state index is 0.00583. The average Bonchev–Trinajstić information content (AvgIpc) is 3.20. The molecule has 2 aliphatic rings. The Morgan fingerprint density at radius 1 is 1.18 bits per heavy atom. The molecule has 0 aromatic heterocycles. The zero-order valence-electron chi connectivity index (χ0n) is 22.0. The number of hydrogen-bond acceptors (Lipinski definition) is 7. The van der Waals surface area contributed by atoms with Gasteiger partial charge in [-0.25, -0.2) is 4.79 Å². The van der Waals surface area contributed by atoms with Gasteiger partial charge in [-0.3, -0.25) is 4.79 Å². The summed E-state index contributed by atoms with van der Waals surface area (Å²) in [7, 11) is 0. The highest BCUT2D eigenvalue weighted by Gasteiger charge is 2.42. The molecule has 13 heteroatoms. The van der Waals surface area contributed by atoms with E-state index in [1.807, 2.05) is 18.2 Å². The molecule has 1 fully saturated rings. The van der Waals surface area contributed by atoms with Crippen molar-refractivity contribution in [1.29, 1.82) is 0 Å². The molecule has 1 atom stereocenters. The monoisotopic (exact) mass is 588 g/mol. The number of halogens is 4. The molecule has 1 amide bonds. The Morgan fingerprint density at radius 2 is 1.82 bits per heavy atom. The number of alkyl halides is 3. The zero-order chi connectivity index (χ0) is 29.7. The van der Waals surface area contributed by atoms with Crippen LogP contribution in [0, 0.1) is 0 Å². The summed E-state index contributed by atoms with van der Waals surface area (Å²) >= 11 is 6.13. The average molecular weight is 589 g/mol. The van der Waals surface area contributed by atoms with E-state index in [9.17, 15) is 28.2 Å². The standard InChI is InChI=1S/C25H31ClN2O5.C2HF3O2/c1-16(29)28-21-5-4-20(30)12-23(21)32-15-24(2,31)14-27-19-7-9-25(10-8-19)13-17-11-18(26)3-6-22(17)33-25;3-2(4,5)1(6)7/h3-6,11-12,19,27,30-31H,7-10,13-15H2,1-2H3,(H,28,29);(H,6,7)/t19?,24-,25?;/m1./s1. The molecule has 1 aliphatic heterocycles. The molecule has 0 saturated heterocycles. The summed E-state index contributed by atoms with van der Waals surface area (Å²) in [5.41, 5.74) is 0.344. The predicted molar refractivity (Wildman–Crippen MR) is 141 cm³/mol. The number of aliphatic carboxylic acids is 1. The molecule has 5 N–H and O–H groups in total. The Balaban J connectivity index is 0.000000559. The predicted octanol–water partition coefficient (Wildman–Crippen LogP) is 4.67. The second kappa shape index (κ2) is 12.5. The van der Waals surface area contributed by atoms with Crippen LogP contribution in [0.15, 0.2) is 36.4 Å². The molecule has 220 valence electrons. The molecular weight excluding hydrogens is 557 g/mol. The second-order valence-corrected chi connectivity index (χ2v) is 10.8. The summed E-state index contributed by atoms with van der Waals surface area (Å²) in [6.07, 6.45) is -0.393. The fourth-order valence-electron chi connectivity index (χ4n) is 4.60. The van der Waals surface area contributed by atoms with E-state index in [4.69, 9.17) is 31.0 Å². The lowest BCUT2D eigenvalue weighted by molar-refractivity contribution is -0.192. The number of hydrogen-bond donors (Lipinski definition) is 5. The van der Waals surface area contributed by atoms with Gasteiger partial charge in [0.2, 0.25) is 5.91 Å². The maximum absolute atomic E-state index is 11.4. The SMILES string of the molecule is CC(=O)Nc1ccc(O)cc1OC[C@](C)(O)CNC1CCC2(CC1)Cc1cc(Cl)ccc1O2.O=C(O)C(F)(F)F. The van der Waals surface area contributed by atoms with Gasteiger partial charge < -0.3 is 35.4 Å². The molecule has 9 nitrogen and oxygen atoms in total. The van der Waals surface area contributed by atoms with Crippen molar-refractivity contribution in [3.63, 3.8) is 0 Å². The van der Waals surface area contributed by atoms with Gasteiger partial charge >= 0.3 is 12.1 Å². The van der Waals surface area contributed by atoms with Crippen molar-refractivity contribution in [2.75, 3.05) is 18.5 Å². The zero-order valence-corrected chi connectivity index (χ0v) is 22.7. The summed E-state index contributed by atoms with van der Waals surface area (Å²) in [5.74, 6) is -1.73. The number of carboxylic acid groups (broad SMARTS) is 1. The maximum atomic E-state index is 11.4. The number of fused-ring (bicyclic) bond motifs is 1. The van der Waals surface area contributed by atoms with Crippen LogP contribution in [-0.2, 0) is 16.0 Å². The largest absolute Gasteiger partial charge is 0.508 e. The molecular formula is C27H32ClF3N2O7. The van der Waals surface area contributed by atoms with Crippen molar-refractivity contribution in [3.05, 3.63) is 47.0 Å². The van der Waals surface area contributed by atoms with Crippen molar-refractivity contribution < 1.29 is 47.6 Å². The lowest BCUT2D eigenvalue weighted by Crippen LogP contribution is -2.49. The fourth-order valence-corrected chi connectivity index (χ4v) is 4.80. The molecule has 0 bridgehead atoms. The first-order valence-corrected chi connectivity index (χ1v) is 12.9. The number of carbonyl (C=O) groups excluding carboxylic acids is 1. The normalized spacial score (nSPS) is 21.3. The van der Waals surface area contributed by atoms with E-state index in [0.717, 1.165) is 42.9 Å². The number of rotatable bonds is 7. The molecule has 0 unspecified atom stereocenters. The van der Waals surface area contributed by atoms with Crippen molar-refractivity contribution >= 4 is 29.2 Å². The minimum Gasteiger partial charge on any atom is -0.508 e. The number of amides is 1. The van der Waals surface area contributed by atoms with Crippen LogP contribution in [0.1, 0.15) is 45.1 Å². The fraction of sp³-hybridized carbons (Fsp3) is 0.481. The Labute approximate surface area is 234 Å². The number of benzene rings is 2. The van der Waals surface area contributed by atoms with Gasteiger partial charge in [-0.2, -0.15) is 13.2 Å². The molecule has 1 heterocycles. The van der Waals surface area contributed by atoms with Crippen LogP contribution >= 0.6 is 11.6 Å². The van der Waals surface area contributed by atoms with Crippen LogP contribution in [0.25, 0.3) is 0 Å². The molecule has 2 aromatic rings. The topological polar surface area (TPSA) is 137 Å². The van der Waals surface area contributed by atoms with Crippen molar-refractivity contribution in [1.82, 2.24) is 5.32 Å². The lowest BCUT2D eigenvalue weighted by atomic mass is 9.79. The lowest BCUT2D eigenvalue weighted by Gasteiger charge is -2.38. The first-order valence-electron chi connectivity index (χ1n) is 12.5. The van der Waals surface area contributed by atoms with E-state index in [-0.39, 0.29) is 29.9 Å². The van der Waals surface area contributed by atoms with Crippen LogP contribution in [0.2, 0.25) is 5.02 Å². The number of carbonyl (C=O) groups is 2. The summed E-state index contributed by atoms with van der Waals surface area (Å²) < 4.78 is 43.8. The molecule has 4 rings (SSSR count). The highest BCUT2D eigenvalue weighted by Crippen LogP contribution is 2.44. The summed E-state index contributed by atoms with van der Waals surface area (Å²) in [6, 6.07) is 10.6. The van der Waals surface area contributed by atoms with Crippen molar-refractivity contribution in [3.8, 4) is 17.2 Å². The van der Waals surface area contributed by atoms with Crippen molar-refractivity contribution in [2.45, 2.75) is 69.4 Å². The van der Waals surface area contributed by atoms with E-state index >= 15 is 0 Å². The van der Waals surface area contributed by atoms with E-state index < -0.39 is 17.7 Å². The van der Waals surface area contributed by atoms with Crippen LogP contribution in [-0.4, -0.2) is 63.8 Å². The maximum Gasteiger partial charge on any atom is 0.490 e.